The smallest absolute Gasteiger partial charge is 0.192 e. The van der Waals surface area contributed by atoms with E-state index < -0.39 is 16.4 Å². The summed E-state index contributed by atoms with van der Waals surface area (Å²) >= 11 is 0. The lowest BCUT2D eigenvalue weighted by Gasteiger charge is -2.45. The minimum atomic E-state index is -1.79. The summed E-state index contributed by atoms with van der Waals surface area (Å²) in [6.07, 6.45) is 7.69. The Morgan fingerprint density at radius 3 is 2.14 bits per heavy atom. The molecular weight excluding hydrogens is 372 g/mol. The molecule has 3 rings (SSSR count). The average molecular weight is 413 g/mol. The predicted molar refractivity (Wildman–Crippen MR) is 128 cm³/mol. The molecule has 2 aliphatic rings. The Bertz CT molecular complexity index is 777. The summed E-state index contributed by atoms with van der Waals surface area (Å²) in [5.41, 5.74) is 3.21. The maximum atomic E-state index is 7.01. The van der Waals surface area contributed by atoms with Gasteiger partial charge in [-0.1, -0.05) is 93.7 Å². The van der Waals surface area contributed by atoms with Crippen molar-refractivity contribution in [3.05, 3.63) is 58.8 Å². The molecule has 0 saturated heterocycles. The van der Waals surface area contributed by atoms with Crippen molar-refractivity contribution < 1.29 is 4.43 Å². The number of rotatable bonds is 4. The van der Waals surface area contributed by atoms with Crippen LogP contribution in [0.3, 0.4) is 0 Å². The van der Waals surface area contributed by atoms with Crippen molar-refractivity contribution >= 4 is 16.4 Å². The van der Waals surface area contributed by atoms with Gasteiger partial charge in [0.25, 0.3) is 0 Å². The first-order chi connectivity index (χ1) is 12.8. The van der Waals surface area contributed by atoms with Crippen molar-refractivity contribution in [3.8, 4) is 0 Å². The van der Waals surface area contributed by atoms with E-state index >= 15 is 0 Å². The average Bonchev–Trinajstić information content (AvgIpc) is 2.89. The van der Waals surface area contributed by atoms with E-state index in [9.17, 15) is 0 Å². The normalized spacial score (nSPS) is 28.6. The highest BCUT2D eigenvalue weighted by Crippen LogP contribution is 2.55. The van der Waals surface area contributed by atoms with Crippen LogP contribution in [-0.2, 0) is 4.43 Å². The Labute approximate surface area is 175 Å². The summed E-state index contributed by atoms with van der Waals surface area (Å²) in [6.45, 7) is 21.9. The second-order valence-electron chi connectivity index (χ2n) is 11.6. The predicted octanol–water partition coefficient (Wildman–Crippen LogP) is 7.70. The molecule has 2 aliphatic carbocycles. The third-order valence-corrected chi connectivity index (χ3v) is 14.2. The molecule has 0 heterocycles. The molecule has 0 unspecified atom stereocenters. The second kappa shape index (κ2) is 7.10. The molecule has 0 radical (unpaired) electrons. The summed E-state index contributed by atoms with van der Waals surface area (Å²) < 4.78 is 7.01. The quantitative estimate of drug-likeness (QED) is 0.363. The Morgan fingerprint density at radius 1 is 1.00 bits per heavy atom. The first-order valence-corrected chi connectivity index (χ1v) is 17.3. The van der Waals surface area contributed by atoms with Gasteiger partial charge in [0.05, 0.1) is 14.2 Å². The fraction of sp³-hybridized carbons (Fsp3) is 0.600. The molecule has 0 amide bonds. The number of hydrogen-bond acceptors (Lipinski definition) is 1. The van der Waals surface area contributed by atoms with Gasteiger partial charge in [-0.25, -0.2) is 0 Å². The third-order valence-electron chi connectivity index (χ3n) is 7.46. The molecular formula is C25H40OSi2. The Balaban J connectivity index is 2.04. The summed E-state index contributed by atoms with van der Waals surface area (Å²) in [6, 6.07) is 11.1. The lowest BCUT2D eigenvalue weighted by molar-refractivity contribution is 0.120. The Kier molecular flexibility index (Phi) is 5.53. The molecule has 28 heavy (non-hydrogen) atoms. The molecule has 3 atom stereocenters. The van der Waals surface area contributed by atoms with E-state index in [2.05, 4.69) is 103 Å². The first kappa shape index (κ1) is 21.8. The molecule has 1 saturated carbocycles. The van der Waals surface area contributed by atoms with Gasteiger partial charge in [-0.2, -0.15) is 0 Å². The van der Waals surface area contributed by atoms with Crippen molar-refractivity contribution in [3.63, 3.8) is 0 Å². The van der Waals surface area contributed by atoms with Gasteiger partial charge in [-0.15, -0.1) is 0 Å². The van der Waals surface area contributed by atoms with Gasteiger partial charge in [0, 0.05) is 11.3 Å². The molecule has 0 aliphatic heterocycles. The fourth-order valence-electron chi connectivity index (χ4n) is 4.82. The van der Waals surface area contributed by atoms with Crippen molar-refractivity contribution in [2.45, 2.75) is 90.3 Å². The maximum absolute atomic E-state index is 7.01. The molecule has 0 spiro atoms. The van der Waals surface area contributed by atoms with E-state index in [1.54, 1.807) is 10.8 Å². The minimum Gasteiger partial charge on any atom is -0.413 e. The highest BCUT2D eigenvalue weighted by Gasteiger charge is 2.51. The lowest BCUT2D eigenvalue weighted by Crippen LogP contribution is -2.47. The standard InChI is InChI=1S/C25H40OSi2/c1-24(2,3)28(8,9)26-22-16-15-21-23(27(5,6)7)20(17-18-25(21,22)4)19-13-11-10-12-14-19/h10-14,17-18,20,22H,15-16H2,1-9H3/t20-,22+,25+/m0/s1. The Morgan fingerprint density at radius 2 is 1.61 bits per heavy atom. The van der Waals surface area contributed by atoms with Gasteiger partial charge in [0.1, 0.15) is 0 Å². The zero-order valence-electron chi connectivity index (χ0n) is 19.5. The molecule has 0 aromatic heterocycles. The van der Waals surface area contributed by atoms with Gasteiger partial charge in [0.15, 0.2) is 8.32 Å². The maximum Gasteiger partial charge on any atom is 0.192 e. The SMILES string of the molecule is CC(C)(C)[Si](C)(C)O[C@@H]1CCC2=C([Si](C)(C)C)[C@H](c3ccccc3)C=C[C@]21C. The van der Waals surface area contributed by atoms with Crippen molar-refractivity contribution in [1.29, 1.82) is 0 Å². The van der Waals surface area contributed by atoms with Crippen LogP contribution in [-0.4, -0.2) is 22.5 Å². The van der Waals surface area contributed by atoms with Gasteiger partial charge < -0.3 is 4.43 Å². The summed E-state index contributed by atoms with van der Waals surface area (Å²) in [5.74, 6) is 0.447. The van der Waals surface area contributed by atoms with Gasteiger partial charge in [-0.05, 0) is 43.5 Å². The van der Waals surface area contributed by atoms with Crippen LogP contribution in [0, 0.1) is 5.41 Å². The van der Waals surface area contributed by atoms with E-state index in [0.29, 0.717) is 12.0 Å². The van der Waals surface area contributed by atoms with Gasteiger partial charge >= 0.3 is 0 Å². The van der Waals surface area contributed by atoms with Crippen molar-refractivity contribution in [2.24, 2.45) is 5.41 Å². The van der Waals surface area contributed by atoms with E-state index in [4.69, 9.17) is 4.43 Å². The lowest BCUT2D eigenvalue weighted by atomic mass is 9.75. The fourth-order valence-corrected chi connectivity index (χ4v) is 8.75. The van der Waals surface area contributed by atoms with Crippen LogP contribution in [0.4, 0.5) is 0 Å². The highest BCUT2D eigenvalue weighted by atomic mass is 28.4. The van der Waals surface area contributed by atoms with E-state index in [0.717, 1.165) is 6.42 Å². The van der Waals surface area contributed by atoms with Crippen molar-refractivity contribution in [1.82, 2.24) is 0 Å². The van der Waals surface area contributed by atoms with E-state index in [1.807, 2.05) is 0 Å². The molecule has 1 nitrogen and oxygen atoms in total. The molecule has 1 fully saturated rings. The largest absolute Gasteiger partial charge is 0.413 e. The minimum absolute atomic E-state index is 0.0659. The molecule has 3 heteroatoms. The number of fused-ring (bicyclic) bond motifs is 1. The number of allylic oxidation sites excluding steroid dienone is 2. The molecule has 0 bridgehead atoms. The molecule has 154 valence electrons. The van der Waals surface area contributed by atoms with Crippen LogP contribution in [0.25, 0.3) is 0 Å². The summed E-state index contributed by atoms with van der Waals surface area (Å²) in [5, 5.41) is 2.01. The number of benzene rings is 1. The monoisotopic (exact) mass is 412 g/mol. The zero-order valence-corrected chi connectivity index (χ0v) is 21.5. The van der Waals surface area contributed by atoms with Crippen LogP contribution in [0.15, 0.2) is 53.3 Å². The van der Waals surface area contributed by atoms with Crippen LogP contribution >= 0.6 is 0 Å². The van der Waals surface area contributed by atoms with Crippen LogP contribution in [0.5, 0.6) is 0 Å². The first-order valence-electron chi connectivity index (χ1n) is 10.9. The molecule has 1 aromatic rings. The topological polar surface area (TPSA) is 9.23 Å². The van der Waals surface area contributed by atoms with Crippen LogP contribution < -0.4 is 0 Å². The van der Waals surface area contributed by atoms with Gasteiger partial charge in [-0.3, -0.25) is 0 Å². The Hall–Kier alpha value is -0.906. The highest BCUT2D eigenvalue weighted by molar-refractivity contribution is 6.83. The van der Waals surface area contributed by atoms with E-state index in [1.165, 1.54) is 12.0 Å². The van der Waals surface area contributed by atoms with E-state index in [-0.39, 0.29) is 10.5 Å². The zero-order chi connectivity index (χ0) is 21.0. The molecule has 1 aromatic carbocycles. The van der Waals surface area contributed by atoms with Crippen LogP contribution in [0.2, 0.25) is 37.8 Å². The third kappa shape index (κ3) is 3.78. The van der Waals surface area contributed by atoms with Gasteiger partial charge in [0.2, 0.25) is 0 Å². The van der Waals surface area contributed by atoms with Crippen LogP contribution in [0.1, 0.15) is 52.0 Å². The summed E-state index contributed by atoms with van der Waals surface area (Å²) in [7, 11) is -3.26. The second-order valence-corrected chi connectivity index (χ2v) is 21.4. The number of hydrogen-bond donors (Lipinski definition) is 0. The van der Waals surface area contributed by atoms with Crippen molar-refractivity contribution in [2.75, 3.05) is 0 Å². The molecule has 0 N–H and O–H groups in total. The summed E-state index contributed by atoms with van der Waals surface area (Å²) in [4.78, 5) is 0.